The van der Waals surface area contributed by atoms with Gasteiger partial charge in [0.15, 0.2) is 5.65 Å². The van der Waals surface area contributed by atoms with Crippen molar-refractivity contribution in [2.75, 3.05) is 18.0 Å². The van der Waals surface area contributed by atoms with Crippen LogP contribution in [0.15, 0.2) is 12.1 Å². The third-order valence-corrected chi connectivity index (χ3v) is 2.96. The second-order valence-corrected chi connectivity index (χ2v) is 4.31. The Morgan fingerprint density at radius 3 is 2.63 bits per heavy atom. The highest BCUT2D eigenvalue weighted by Crippen LogP contribution is 2.28. The van der Waals surface area contributed by atoms with Crippen LogP contribution in [-0.2, 0) is 6.18 Å². The van der Waals surface area contributed by atoms with E-state index < -0.39 is 18.2 Å². The molecule has 0 spiro atoms. The molecule has 1 fully saturated rings. The van der Waals surface area contributed by atoms with Crippen LogP contribution in [0.3, 0.4) is 0 Å². The van der Waals surface area contributed by atoms with Crippen molar-refractivity contribution in [2.45, 2.75) is 18.8 Å². The predicted octanol–water partition coefficient (Wildman–Crippen LogP) is 1.69. The number of alkyl halides is 4. The van der Waals surface area contributed by atoms with Gasteiger partial charge in [-0.2, -0.15) is 17.7 Å². The maximum Gasteiger partial charge on any atom is 0.453 e. The Morgan fingerprint density at radius 2 is 2.00 bits per heavy atom. The zero-order valence-electron chi connectivity index (χ0n) is 9.60. The summed E-state index contributed by atoms with van der Waals surface area (Å²) in [6.07, 6.45) is -5.24. The topological polar surface area (TPSA) is 46.3 Å². The van der Waals surface area contributed by atoms with Crippen molar-refractivity contribution in [1.82, 2.24) is 19.8 Å². The first-order valence-corrected chi connectivity index (χ1v) is 5.64. The average molecular weight is 275 g/mol. The second kappa shape index (κ2) is 4.04. The lowest BCUT2D eigenvalue weighted by Crippen LogP contribution is -2.22. The fourth-order valence-corrected chi connectivity index (χ4v) is 2.05. The second-order valence-electron chi connectivity index (χ2n) is 4.31. The van der Waals surface area contributed by atoms with Crippen LogP contribution in [0.4, 0.5) is 23.4 Å². The summed E-state index contributed by atoms with van der Waals surface area (Å²) in [5.41, 5.74) is 0.00655. The highest BCUT2D eigenvalue weighted by molar-refractivity contribution is 5.46. The molecule has 102 valence electrons. The van der Waals surface area contributed by atoms with E-state index in [9.17, 15) is 17.6 Å². The van der Waals surface area contributed by atoms with Crippen LogP contribution in [-0.4, -0.2) is 39.1 Å². The van der Waals surface area contributed by atoms with Gasteiger partial charge < -0.3 is 4.90 Å². The first kappa shape index (κ1) is 12.1. The van der Waals surface area contributed by atoms with Crippen molar-refractivity contribution in [3.8, 4) is 0 Å². The molecule has 0 amide bonds. The lowest BCUT2D eigenvalue weighted by Gasteiger charge is -2.16. The Hall–Kier alpha value is -1.93. The van der Waals surface area contributed by atoms with E-state index in [0.717, 1.165) is 0 Å². The van der Waals surface area contributed by atoms with Crippen LogP contribution in [0, 0.1) is 0 Å². The molecule has 0 saturated carbocycles. The number of anilines is 1. The average Bonchev–Trinajstić information content (AvgIpc) is 2.92. The summed E-state index contributed by atoms with van der Waals surface area (Å²) in [6.45, 7) is 0.575. The standard InChI is InChI=1S/C10H9F4N5/c11-6-3-4-18(5-6)8-2-1-7-15-16-9(10(12,13)14)19(7)17-8/h1-2,6H,3-5H2. The maximum atomic E-state index is 13.1. The normalized spacial score (nSPS) is 20.4. The molecule has 0 aromatic carbocycles. The minimum atomic E-state index is -4.63. The molecule has 0 N–H and O–H groups in total. The summed E-state index contributed by atoms with van der Waals surface area (Å²) in [4.78, 5) is 1.60. The zero-order chi connectivity index (χ0) is 13.6. The van der Waals surface area contributed by atoms with E-state index in [4.69, 9.17) is 0 Å². The highest BCUT2D eigenvalue weighted by Gasteiger charge is 2.38. The van der Waals surface area contributed by atoms with Crippen molar-refractivity contribution >= 4 is 11.5 Å². The third-order valence-electron chi connectivity index (χ3n) is 2.96. The monoisotopic (exact) mass is 275 g/mol. The summed E-state index contributed by atoms with van der Waals surface area (Å²) >= 11 is 0. The fraction of sp³-hybridized carbons (Fsp3) is 0.500. The third kappa shape index (κ3) is 2.08. The highest BCUT2D eigenvalue weighted by atomic mass is 19.4. The van der Waals surface area contributed by atoms with Crippen molar-refractivity contribution in [3.05, 3.63) is 18.0 Å². The van der Waals surface area contributed by atoms with Gasteiger partial charge in [0, 0.05) is 6.54 Å². The van der Waals surface area contributed by atoms with Gasteiger partial charge in [0.25, 0.3) is 5.82 Å². The molecule has 1 atom stereocenters. The van der Waals surface area contributed by atoms with Gasteiger partial charge in [-0.15, -0.1) is 15.3 Å². The molecular formula is C10H9F4N5. The number of fused-ring (bicyclic) bond motifs is 1. The SMILES string of the molecule is FC1CCN(c2ccc3nnc(C(F)(F)F)n3n2)C1. The molecular weight excluding hydrogens is 266 g/mol. The van der Waals surface area contributed by atoms with Crippen LogP contribution in [0.2, 0.25) is 0 Å². The van der Waals surface area contributed by atoms with Gasteiger partial charge in [0.2, 0.25) is 0 Å². The van der Waals surface area contributed by atoms with Gasteiger partial charge in [0.05, 0.1) is 6.54 Å². The van der Waals surface area contributed by atoms with Gasteiger partial charge in [-0.05, 0) is 18.6 Å². The molecule has 2 aromatic heterocycles. The molecule has 1 aliphatic rings. The Kier molecular flexibility index (Phi) is 2.58. The summed E-state index contributed by atoms with van der Waals surface area (Å²) < 4.78 is 51.8. The van der Waals surface area contributed by atoms with E-state index in [-0.39, 0.29) is 18.0 Å². The Balaban J connectivity index is 2.04. The summed E-state index contributed by atoms with van der Waals surface area (Å²) in [7, 11) is 0. The maximum absolute atomic E-state index is 13.1. The van der Waals surface area contributed by atoms with E-state index in [1.54, 1.807) is 4.90 Å². The van der Waals surface area contributed by atoms with Crippen LogP contribution in [0.5, 0.6) is 0 Å². The zero-order valence-corrected chi connectivity index (χ0v) is 9.60. The first-order valence-electron chi connectivity index (χ1n) is 5.64. The number of aromatic nitrogens is 4. The lowest BCUT2D eigenvalue weighted by molar-refractivity contribution is -0.146. The lowest BCUT2D eigenvalue weighted by atomic mass is 10.3. The van der Waals surface area contributed by atoms with Gasteiger partial charge >= 0.3 is 6.18 Å². The molecule has 0 bridgehead atoms. The molecule has 0 radical (unpaired) electrons. The molecule has 3 rings (SSSR count). The van der Waals surface area contributed by atoms with Crippen LogP contribution in [0.25, 0.3) is 5.65 Å². The van der Waals surface area contributed by atoms with Crippen molar-refractivity contribution < 1.29 is 17.6 Å². The van der Waals surface area contributed by atoms with Crippen LogP contribution < -0.4 is 4.90 Å². The van der Waals surface area contributed by atoms with Crippen LogP contribution in [0.1, 0.15) is 12.2 Å². The van der Waals surface area contributed by atoms with E-state index in [2.05, 4.69) is 15.3 Å². The van der Waals surface area contributed by atoms with Crippen LogP contribution >= 0.6 is 0 Å². The Labute approximate surface area is 104 Å². The van der Waals surface area contributed by atoms with Crippen molar-refractivity contribution in [3.63, 3.8) is 0 Å². The van der Waals surface area contributed by atoms with E-state index >= 15 is 0 Å². The molecule has 0 aliphatic carbocycles. The van der Waals surface area contributed by atoms with Crippen molar-refractivity contribution in [1.29, 1.82) is 0 Å². The fourth-order valence-electron chi connectivity index (χ4n) is 2.05. The summed E-state index contributed by atoms with van der Waals surface area (Å²) in [6, 6.07) is 2.90. The molecule has 1 aliphatic heterocycles. The summed E-state index contributed by atoms with van der Waals surface area (Å²) in [5.74, 6) is -0.890. The minimum Gasteiger partial charge on any atom is -0.352 e. The van der Waals surface area contributed by atoms with Gasteiger partial charge in [-0.3, -0.25) is 0 Å². The van der Waals surface area contributed by atoms with Gasteiger partial charge in [-0.25, -0.2) is 4.39 Å². The minimum absolute atomic E-state index is 0.00655. The van der Waals surface area contributed by atoms with Gasteiger partial charge in [0.1, 0.15) is 12.0 Å². The molecule has 1 saturated heterocycles. The molecule has 3 heterocycles. The molecule has 19 heavy (non-hydrogen) atoms. The molecule has 1 unspecified atom stereocenters. The quantitative estimate of drug-likeness (QED) is 0.743. The summed E-state index contributed by atoms with van der Waals surface area (Å²) in [5, 5.41) is 10.3. The Morgan fingerprint density at radius 1 is 1.21 bits per heavy atom. The van der Waals surface area contributed by atoms with E-state index in [1.807, 2.05) is 0 Å². The number of hydrogen-bond donors (Lipinski definition) is 0. The van der Waals surface area contributed by atoms with Gasteiger partial charge in [-0.1, -0.05) is 0 Å². The number of hydrogen-bond acceptors (Lipinski definition) is 4. The van der Waals surface area contributed by atoms with E-state index in [0.29, 0.717) is 17.5 Å². The predicted molar refractivity (Wildman–Crippen MR) is 57.5 cm³/mol. The number of halogens is 4. The smallest absolute Gasteiger partial charge is 0.352 e. The largest absolute Gasteiger partial charge is 0.453 e. The molecule has 5 nitrogen and oxygen atoms in total. The Bertz CT molecular complexity index is 607. The van der Waals surface area contributed by atoms with E-state index in [1.165, 1.54) is 12.1 Å². The molecule has 9 heteroatoms. The van der Waals surface area contributed by atoms with Crippen molar-refractivity contribution in [2.24, 2.45) is 0 Å². The number of nitrogens with zero attached hydrogens (tertiary/aromatic N) is 5. The number of rotatable bonds is 1. The first-order chi connectivity index (χ1) is 8.95. The molecule has 2 aromatic rings.